The summed E-state index contributed by atoms with van der Waals surface area (Å²) in [5.41, 5.74) is 1.55. The van der Waals surface area contributed by atoms with Crippen molar-refractivity contribution in [3.63, 3.8) is 0 Å². The number of nitrogens with zero attached hydrogens (tertiary/aromatic N) is 2. The number of halogens is 3. The van der Waals surface area contributed by atoms with Crippen molar-refractivity contribution >= 4 is 29.0 Å². The minimum Gasteiger partial charge on any atom is -0.377 e. The predicted molar refractivity (Wildman–Crippen MR) is 120 cm³/mol. The summed E-state index contributed by atoms with van der Waals surface area (Å²) in [6.45, 7) is 0.283. The Kier molecular flexibility index (Phi) is 7.17. The van der Waals surface area contributed by atoms with Crippen LogP contribution in [-0.4, -0.2) is 31.0 Å². The maximum Gasteiger partial charge on any atom is 0.416 e. The highest BCUT2D eigenvalue weighted by atomic mass is 19.4. The molecule has 0 bridgehead atoms. The van der Waals surface area contributed by atoms with Crippen LogP contribution in [0, 0.1) is 0 Å². The van der Waals surface area contributed by atoms with Gasteiger partial charge in [0.1, 0.15) is 0 Å². The van der Waals surface area contributed by atoms with E-state index in [-0.39, 0.29) is 18.1 Å². The van der Waals surface area contributed by atoms with Gasteiger partial charge in [0.2, 0.25) is 0 Å². The minimum absolute atomic E-state index is 0.194. The number of alkyl halides is 3. The number of anilines is 3. The van der Waals surface area contributed by atoms with Gasteiger partial charge in [-0.25, -0.2) is 4.79 Å². The summed E-state index contributed by atoms with van der Waals surface area (Å²) in [6.07, 6.45) is -1.17. The Morgan fingerprint density at radius 1 is 0.970 bits per heavy atom. The molecule has 0 fully saturated rings. The van der Waals surface area contributed by atoms with E-state index in [2.05, 4.69) is 20.9 Å². The Morgan fingerprint density at radius 3 is 2.24 bits per heavy atom. The second-order valence-electron chi connectivity index (χ2n) is 7.32. The fourth-order valence-electron chi connectivity index (χ4n) is 3.00. The minimum atomic E-state index is -4.46. The molecule has 172 valence electrons. The summed E-state index contributed by atoms with van der Waals surface area (Å²) in [5, 5.41) is 7.88. The van der Waals surface area contributed by atoms with Crippen molar-refractivity contribution in [2.75, 3.05) is 29.6 Å². The lowest BCUT2D eigenvalue weighted by Crippen LogP contribution is -2.26. The van der Waals surface area contributed by atoms with Crippen molar-refractivity contribution in [2.45, 2.75) is 12.7 Å². The SMILES string of the molecule is CN(C)c1ccc(NC(=O)Nc2ccc(C(F)(F)F)cc2)cc1C(=O)NCc1cccnc1. The number of carbonyl (C=O) groups is 2. The van der Waals surface area contributed by atoms with Gasteiger partial charge in [-0.15, -0.1) is 0 Å². The zero-order valence-corrected chi connectivity index (χ0v) is 17.9. The standard InChI is InChI=1S/C23H22F3N5O2/c1-31(2)20-10-9-18(12-19(20)21(32)28-14-15-4-3-11-27-13-15)30-22(33)29-17-7-5-16(6-8-17)23(24,25)26/h3-13H,14H2,1-2H3,(H,28,32)(H2,29,30,33). The van der Waals surface area contributed by atoms with E-state index < -0.39 is 17.8 Å². The van der Waals surface area contributed by atoms with Gasteiger partial charge in [0.15, 0.2) is 0 Å². The third-order valence-electron chi connectivity index (χ3n) is 4.63. The molecule has 0 saturated heterocycles. The second kappa shape index (κ2) is 10.0. The first kappa shape index (κ1) is 23.6. The smallest absolute Gasteiger partial charge is 0.377 e. The summed E-state index contributed by atoms with van der Waals surface area (Å²) >= 11 is 0. The Hall–Kier alpha value is -4.08. The molecule has 0 spiro atoms. The van der Waals surface area contributed by atoms with Crippen molar-refractivity contribution < 1.29 is 22.8 Å². The van der Waals surface area contributed by atoms with Gasteiger partial charge in [0, 0.05) is 50.1 Å². The van der Waals surface area contributed by atoms with Crippen molar-refractivity contribution in [3.05, 3.63) is 83.7 Å². The van der Waals surface area contributed by atoms with Crippen LogP contribution < -0.4 is 20.9 Å². The number of amides is 3. The zero-order valence-electron chi connectivity index (χ0n) is 17.9. The summed E-state index contributed by atoms with van der Waals surface area (Å²) in [7, 11) is 3.58. The molecule has 3 aromatic rings. The van der Waals surface area contributed by atoms with Gasteiger partial charge in [-0.2, -0.15) is 13.2 Å². The number of hydrogen-bond acceptors (Lipinski definition) is 4. The highest BCUT2D eigenvalue weighted by Crippen LogP contribution is 2.30. The van der Waals surface area contributed by atoms with E-state index in [4.69, 9.17) is 0 Å². The highest BCUT2D eigenvalue weighted by Gasteiger charge is 2.30. The average molecular weight is 457 g/mol. The third kappa shape index (κ3) is 6.45. The molecule has 0 aliphatic heterocycles. The predicted octanol–water partition coefficient (Wildman–Crippen LogP) is 4.74. The van der Waals surface area contributed by atoms with Crippen LogP contribution >= 0.6 is 0 Å². The van der Waals surface area contributed by atoms with E-state index in [1.54, 1.807) is 49.6 Å². The molecule has 3 rings (SSSR count). The molecule has 3 N–H and O–H groups in total. The van der Waals surface area contributed by atoms with Gasteiger partial charge < -0.3 is 20.9 Å². The first-order chi connectivity index (χ1) is 15.6. The quantitative estimate of drug-likeness (QED) is 0.499. The summed E-state index contributed by atoms with van der Waals surface area (Å²) < 4.78 is 38.0. The molecular formula is C23H22F3N5O2. The Labute approximate surface area is 188 Å². The Morgan fingerprint density at radius 2 is 1.64 bits per heavy atom. The number of benzene rings is 2. The molecule has 0 aliphatic rings. The molecule has 0 radical (unpaired) electrons. The maximum atomic E-state index is 12.8. The second-order valence-corrected chi connectivity index (χ2v) is 7.32. The van der Waals surface area contributed by atoms with Gasteiger partial charge in [0.05, 0.1) is 11.1 Å². The first-order valence-corrected chi connectivity index (χ1v) is 9.87. The summed E-state index contributed by atoms with van der Waals surface area (Å²) in [4.78, 5) is 30.9. The van der Waals surface area contributed by atoms with Crippen molar-refractivity contribution in [1.29, 1.82) is 0 Å². The Bertz CT molecular complexity index is 1120. The van der Waals surface area contributed by atoms with Crippen LogP contribution in [-0.2, 0) is 12.7 Å². The van der Waals surface area contributed by atoms with Crippen molar-refractivity contribution in [1.82, 2.24) is 10.3 Å². The molecule has 0 aliphatic carbocycles. The van der Waals surface area contributed by atoms with E-state index in [0.29, 0.717) is 16.9 Å². The van der Waals surface area contributed by atoms with Gasteiger partial charge in [-0.3, -0.25) is 9.78 Å². The van der Waals surface area contributed by atoms with Crippen molar-refractivity contribution in [2.24, 2.45) is 0 Å². The van der Waals surface area contributed by atoms with Gasteiger partial charge in [0.25, 0.3) is 5.91 Å². The summed E-state index contributed by atoms with van der Waals surface area (Å²) in [5.74, 6) is -0.339. The molecule has 0 saturated carbocycles. The normalized spacial score (nSPS) is 10.9. The largest absolute Gasteiger partial charge is 0.416 e. The lowest BCUT2D eigenvalue weighted by Gasteiger charge is -2.18. The molecule has 0 unspecified atom stereocenters. The number of hydrogen-bond donors (Lipinski definition) is 3. The molecule has 33 heavy (non-hydrogen) atoms. The van der Waals surface area contributed by atoms with Gasteiger partial charge in [-0.05, 0) is 54.1 Å². The molecule has 3 amide bonds. The van der Waals surface area contributed by atoms with E-state index in [1.807, 2.05) is 6.07 Å². The van der Waals surface area contributed by atoms with Crippen LogP contribution in [0.15, 0.2) is 67.0 Å². The molecule has 0 atom stereocenters. The molecule has 7 nitrogen and oxygen atoms in total. The number of aromatic nitrogens is 1. The number of carbonyl (C=O) groups excluding carboxylic acids is 2. The fourth-order valence-corrected chi connectivity index (χ4v) is 3.00. The van der Waals surface area contributed by atoms with Crippen LogP contribution in [0.2, 0.25) is 0 Å². The summed E-state index contributed by atoms with van der Waals surface area (Å²) in [6, 6.07) is 11.9. The van der Waals surface area contributed by atoms with Crippen LogP contribution in [0.25, 0.3) is 0 Å². The van der Waals surface area contributed by atoms with Crippen LogP contribution in [0.1, 0.15) is 21.5 Å². The van der Waals surface area contributed by atoms with E-state index >= 15 is 0 Å². The molecule has 1 aromatic heterocycles. The number of rotatable bonds is 6. The monoisotopic (exact) mass is 457 g/mol. The zero-order chi connectivity index (χ0) is 24.0. The average Bonchev–Trinajstić information content (AvgIpc) is 2.77. The highest BCUT2D eigenvalue weighted by molar-refractivity contribution is 6.03. The molecular weight excluding hydrogens is 435 g/mol. The fraction of sp³-hybridized carbons (Fsp3) is 0.174. The topological polar surface area (TPSA) is 86.4 Å². The molecule has 10 heteroatoms. The molecule has 2 aromatic carbocycles. The number of nitrogens with one attached hydrogen (secondary N) is 3. The maximum absolute atomic E-state index is 12.8. The van der Waals surface area contributed by atoms with E-state index in [9.17, 15) is 22.8 Å². The van der Waals surface area contributed by atoms with E-state index in [1.165, 1.54) is 6.07 Å². The number of pyridine rings is 1. The van der Waals surface area contributed by atoms with Crippen molar-refractivity contribution in [3.8, 4) is 0 Å². The van der Waals surface area contributed by atoms with Crippen LogP contribution in [0.3, 0.4) is 0 Å². The van der Waals surface area contributed by atoms with Gasteiger partial charge >= 0.3 is 12.2 Å². The Balaban J connectivity index is 1.70. The van der Waals surface area contributed by atoms with Crippen LogP contribution in [0.5, 0.6) is 0 Å². The first-order valence-electron chi connectivity index (χ1n) is 9.87. The van der Waals surface area contributed by atoms with Gasteiger partial charge in [-0.1, -0.05) is 6.07 Å². The van der Waals surface area contributed by atoms with Crippen LogP contribution in [0.4, 0.5) is 35.0 Å². The lowest BCUT2D eigenvalue weighted by atomic mass is 10.1. The molecule has 1 heterocycles. The lowest BCUT2D eigenvalue weighted by molar-refractivity contribution is -0.137. The van der Waals surface area contributed by atoms with E-state index in [0.717, 1.165) is 29.8 Å². The third-order valence-corrected chi connectivity index (χ3v) is 4.63. The number of urea groups is 1.